The van der Waals surface area contributed by atoms with Crippen LogP contribution < -0.4 is 0 Å². The Morgan fingerprint density at radius 2 is 1.82 bits per heavy atom. The van der Waals surface area contributed by atoms with Gasteiger partial charge in [0, 0.05) is 56.4 Å². The molecule has 8 nitrogen and oxygen atoms in total. The summed E-state index contributed by atoms with van der Waals surface area (Å²) in [6, 6.07) is 5.78. The first-order valence-corrected chi connectivity index (χ1v) is 13.2. The number of piperazine rings is 1. The molecule has 1 aromatic carbocycles. The van der Waals surface area contributed by atoms with Gasteiger partial charge in [-0.05, 0) is 30.9 Å². The number of likely N-dealkylation sites (tertiary alicyclic amines) is 1. The molecule has 0 bridgehead atoms. The lowest BCUT2D eigenvalue weighted by atomic mass is 9.93. The summed E-state index contributed by atoms with van der Waals surface area (Å²) in [5, 5.41) is 8.94. The molecule has 1 amide bonds. The van der Waals surface area contributed by atoms with Gasteiger partial charge in [0.2, 0.25) is 5.91 Å². The Labute approximate surface area is 238 Å². The molecule has 2 aliphatic heterocycles. The number of Topliss-reactive ketones (excluding diaryl/α,β-unsaturated/α-hetero) is 1. The van der Waals surface area contributed by atoms with Gasteiger partial charge >= 0.3 is 5.97 Å². The number of hydrogen-bond donors (Lipinski definition) is 1. The molecule has 2 unspecified atom stereocenters. The smallest absolute Gasteiger partial charge is 0.323 e. The summed E-state index contributed by atoms with van der Waals surface area (Å²) in [5.41, 5.74) is 1.39. The van der Waals surface area contributed by atoms with Crippen LogP contribution in [0.25, 0.3) is 0 Å². The van der Waals surface area contributed by atoms with Crippen molar-refractivity contribution in [2.24, 2.45) is 5.92 Å². The average molecular weight is 591 g/mol. The van der Waals surface area contributed by atoms with E-state index in [4.69, 9.17) is 5.11 Å². The first-order valence-electron chi connectivity index (χ1n) is 12.3. The van der Waals surface area contributed by atoms with Gasteiger partial charge in [0.05, 0.1) is 12.6 Å². The fraction of sp³-hybridized carbons (Fsp3) is 0.538. The molecule has 4 rings (SSSR count). The van der Waals surface area contributed by atoms with Crippen LogP contribution in [-0.4, -0.2) is 93.6 Å². The van der Waals surface area contributed by atoms with Crippen LogP contribution in [0.4, 0.5) is 4.39 Å². The fourth-order valence-corrected chi connectivity index (χ4v) is 5.89. The standard InChI is InChI=1S/C26H32FN3O5S.2ClH/c1-17(31)36-22-9-11-30(25(26(35)18-6-7-18)20-4-2-3-5-21(20)27)14-19(22)8-10-28-12-13-29(16-24(33)34)23(32)15-28;;/h2-5,8,18,22,25H,6-7,9-16H2,1H3,(H,33,34);2*1H/b19-8+;;. The number of carbonyl (C=O) groups is 4. The maximum Gasteiger partial charge on any atom is 0.323 e. The second-order valence-electron chi connectivity index (χ2n) is 9.68. The van der Waals surface area contributed by atoms with Gasteiger partial charge in [0.1, 0.15) is 12.4 Å². The number of hydrogen-bond acceptors (Lipinski definition) is 7. The van der Waals surface area contributed by atoms with E-state index in [-0.39, 0.29) is 71.7 Å². The number of ketones is 1. The van der Waals surface area contributed by atoms with E-state index in [1.165, 1.54) is 29.7 Å². The number of thioether (sulfide) groups is 1. The van der Waals surface area contributed by atoms with Gasteiger partial charge in [-0.3, -0.25) is 29.0 Å². The Balaban J connectivity index is 0.00000253. The number of piperidine rings is 1. The van der Waals surface area contributed by atoms with E-state index in [0.717, 1.165) is 18.4 Å². The molecule has 1 N–H and O–H groups in total. The van der Waals surface area contributed by atoms with Crippen molar-refractivity contribution in [1.82, 2.24) is 14.7 Å². The average Bonchev–Trinajstić information content (AvgIpc) is 3.67. The molecule has 210 valence electrons. The zero-order valence-corrected chi connectivity index (χ0v) is 23.7. The zero-order chi connectivity index (χ0) is 25.8. The monoisotopic (exact) mass is 589 g/mol. The first-order chi connectivity index (χ1) is 17.2. The molecule has 1 saturated carbocycles. The van der Waals surface area contributed by atoms with Gasteiger partial charge in [-0.2, -0.15) is 0 Å². The van der Waals surface area contributed by atoms with Crippen molar-refractivity contribution < 1.29 is 28.7 Å². The predicted octanol–water partition coefficient (Wildman–Crippen LogP) is 3.20. The van der Waals surface area contributed by atoms with E-state index in [1.54, 1.807) is 18.2 Å². The Bertz CT molecular complexity index is 1070. The Morgan fingerprint density at radius 1 is 1.11 bits per heavy atom. The topological polar surface area (TPSA) is 98.2 Å². The maximum atomic E-state index is 14.8. The zero-order valence-electron chi connectivity index (χ0n) is 21.2. The van der Waals surface area contributed by atoms with Crippen LogP contribution in [0.1, 0.15) is 37.8 Å². The highest BCUT2D eigenvalue weighted by Crippen LogP contribution is 2.40. The SMILES string of the molecule is CC(=O)SC1CCN(C(C(=O)C2CC2)c2ccccc2F)C/C1=C\CN1CCN(CC(=O)O)C(=O)C1.Cl.Cl. The van der Waals surface area contributed by atoms with Crippen molar-refractivity contribution in [3.8, 4) is 0 Å². The minimum atomic E-state index is -1.03. The van der Waals surface area contributed by atoms with E-state index >= 15 is 0 Å². The summed E-state index contributed by atoms with van der Waals surface area (Å²) in [6.07, 6.45) is 4.35. The van der Waals surface area contributed by atoms with Crippen molar-refractivity contribution >= 4 is 59.4 Å². The molecule has 0 aromatic heterocycles. The molecule has 2 saturated heterocycles. The van der Waals surface area contributed by atoms with E-state index in [1.807, 2.05) is 15.9 Å². The highest BCUT2D eigenvalue weighted by molar-refractivity contribution is 8.14. The summed E-state index contributed by atoms with van der Waals surface area (Å²) in [7, 11) is 0. The van der Waals surface area contributed by atoms with E-state index in [2.05, 4.69) is 0 Å². The number of carboxylic acids is 1. The molecule has 38 heavy (non-hydrogen) atoms. The van der Waals surface area contributed by atoms with E-state index in [0.29, 0.717) is 44.7 Å². The van der Waals surface area contributed by atoms with Crippen LogP contribution in [-0.2, 0) is 19.2 Å². The molecule has 1 aliphatic carbocycles. The van der Waals surface area contributed by atoms with Crippen LogP contribution in [0.2, 0.25) is 0 Å². The van der Waals surface area contributed by atoms with Gasteiger partial charge in [-0.1, -0.05) is 36.0 Å². The Morgan fingerprint density at radius 3 is 2.42 bits per heavy atom. The van der Waals surface area contributed by atoms with Crippen molar-refractivity contribution in [1.29, 1.82) is 0 Å². The lowest BCUT2D eigenvalue weighted by molar-refractivity contribution is -0.146. The molecule has 1 aromatic rings. The van der Waals surface area contributed by atoms with Gasteiger partial charge in [0.15, 0.2) is 10.9 Å². The van der Waals surface area contributed by atoms with Crippen molar-refractivity contribution in [2.75, 3.05) is 45.8 Å². The van der Waals surface area contributed by atoms with Crippen LogP contribution in [0.5, 0.6) is 0 Å². The second-order valence-corrected chi connectivity index (χ2v) is 11.1. The number of benzene rings is 1. The Kier molecular flexibility index (Phi) is 12.2. The predicted molar refractivity (Wildman–Crippen MR) is 148 cm³/mol. The number of amides is 1. The van der Waals surface area contributed by atoms with Gasteiger partial charge < -0.3 is 10.0 Å². The fourth-order valence-electron chi connectivity index (χ4n) is 4.94. The summed E-state index contributed by atoms with van der Waals surface area (Å²) >= 11 is 1.27. The van der Waals surface area contributed by atoms with Crippen molar-refractivity contribution in [2.45, 2.75) is 37.5 Å². The lowest BCUT2D eigenvalue weighted by Crippen LogP contribution is -2.51. The number of halogens is 3. The molecule has 12 heteroatoms. The number of rotatable bonds is 9. The van der Waals surface area contributed by atoms with Crippen molar-refractivity contribution in [3.63, 3.8) is 0 Å². The molecule has 0 spiro atoms. The molecule has 3 fully saturated rings. The normalized spacial score (nSPS) is 22.4. The van der Waals surface area contributed by atoms with E-state index in [9.17, 15) is 23.6 Å². The minimum Gasteiger partial charge on any atom is -0.480 e. The van der Waals surface area contributed by atoms with Gasteiger partial charge in [-0.15, -0.1) is 24.8 Å². The molecule has 3 aliphatic rings. The van der Waals surface area contributed by atoms with Crippen LogP contribution in [0.15, 0.2) is 35.9 Å². The lowest BCUT2D eigenvalue weighted by Gasteiger charge is -2.39. The van der Waals surface area contributed by atoms with Crippen LogP contribution in [0.3, 0.4) is 0 Å². The van der Waals surface area contributed by atoms with Crippen molar-refractivity contribution in [3.05, 3.63) is 47.3 Å². The second kappa shape index (κ2) is 14.4. The molecule has 2 heterocycles. The summed E-state index contributed by atoms with van der Waals surface area (Å²) in [6.45, 7) is 3.75. The molecular weight excluding hydrogens is 556 g/mol. The third kappa shape index (κ3) is 8.26. The van der Waals surface area contributed by atoms with Crippen LogP contribution in [0, 0.1) is 11.7 Å². The number of carbonyl (C=O) groups excluding carboxylic acids is 3. The Hall–Kier alpha value is -1.98. The summed E-state index contributed by atoms with van der Waals surface area (Å²) in [4.78, 5) is 53.8. The first kappa shape index (κ1) is 32.2. The summed E-state index contributed by atoms with van der Waals surface area (Å²) in [5.74, 6) is -1.62. The quantitative estimate of drug-likeness (QED) is 0.438. The largest absolute Gasteiger partial charge is 0.480 e. The highest BCUT2D eigenvalue weighted by atomic mass is 35.5. The van der Waals surface area contributed by atoms with Crippen LogP contribution >= 0.6 is 36.6 Å². The number of carboxylic acid groups (broad SMARTS) is 1. The van der Waals surface area contributed by atoms with Gasteiger partial charge in [-0.25, -0.2) is 4.39 Å². The van der Waals surface area contributed by atoms with Gasteiger partial charge in [0.25, 0.3) is 0 Å². The summed E-state index contributed by atoms with van der Waals surface area (Å²) < 4.78 is 14.8. The number of aliphatic carboxylic acids is 1. The number of nitrogens with zero attached hydrogens (tertiary/aromatic N) is 3. The third-order valence-corrected chi connectivity index (χ3v) is 8.09. The molecule has 0 radical (unpaired) electrons. The minimum absolute atomic E-state index is 0. The van der Waals surface area contributed by atoms with E-state index < -0.39 is 12.0 Å². The maximum absolute atomic E-state index is 14.8. The molecular formula is C26H34Cl2FN3O5S. The molecule has 2 atom stereocenters. The third-order valence-electron chi connectivity index (χ3n) is 6.94. The highest BCUT2D eigenvalue weighted by Gasteiger charge is 2.41.